The Morgan fingerprint density at radius 3 is 2.30 bits per heavy atom. The van der Waals surface area contributed by atoms with Crippen LogP contribution >= 0.6 is 0 Å². The first-order valence-corrected chi connectivity index (χ1v) is 14.9. The SMILES string of the molecule is COc1ccc2cc1Oc1ccc(cc1)CC1=NCCc3cc(OC)c(O)c(c31)Oc1cc3c(cc1OC)CCN(C)C3C2. The maximum Gasteiger partial charge on any atom is 0.202 e. The topological polar surface area (TPSA) is 82.0 Å². The predicted molar refractivity (Wildman–Crippen MR) is 169 cm³/mol. The Balaban J connectivity index is 1.44. The van der Waals surface area contributed by atoms with Crippen molar-refractivity contribution in [2.24, 2.45) is 4.99 Å². The van der Waals surface area contributed by atoms with Gasteiger partial charge >= 0.3 is 0 Å². The molecule has 226 valence electrons. The first-order chi connectivity index (χ1) is 21.4. The van der Waals surface area contributed by atoms with Crippen LogP contribution in [-0.2, 0) is 25.7 Å². The molecule has 8 rings (SSSR count). The van der Waals surface area contributed by atoms with E-state index in [2.05, 4.69) is 36.2 Å². The van der Waals surface area contributed by atoms with E-state index in [4.69, 9.17) is 28.7 Å². The zero-order valence-electron chi connectivity index (χ0n) is 25.5. The van der Waals surface area contributed by atoms with Crippen LogP contribution in [0.5, 0.6) is 46.0 Å². The van der Waals surface area contributed by atoms with E-state index < -0.39 is 0 Å². The lowest BCUT2D eigenvalue weighted by Gasteiger charge is -2.35. The average molecular weight is 593 g/mol. The summed E-state index contributed by atoms with van der Waals surface area (Å²) in [6.07, 6.45) is 2.92. The lowest BCUT2D eigenvalue weighted by molar-refractivity contribution is 0.228. The summed E-state index contributed by atoms with van der Waals surface area (Å²) in [5.74, 6) is 3.87. The normalized spacial score (nSPS) is 17.3. The van der Waals surface area contributed by atoms with Gasteiger partial charge in [-0.2, -0.15) is 0 Å². The number of hydrogen-bond donors (Lipinski definition) is 1. The van der Waals surface area contributed by atoms with Gasteiger partial charge in [0.05, 0.1) is 27.0 Å². The molecule has 1 atom stereocenters. The molecule has 4 aliphatic heterocycles. The minimum absolute atomic E-state index is 0.0572. The van der Waals surface area contributed by atoms with Crippen LogP contribution in [0.25, 0.3) is 0 Å². The number of fused-ring (bicyclic) bond motifs is 2. The van der Waals surface area contributed by atoms with Gasteiger partial charge in [-0.15, -0.1) is 0 Å². The molecule has 1 N–H and O–H groups in total. The molecule has 44 heavy (non-hydrogen) atoms. The summed E-state index contributed by atoms with van der Waals surface area (Å²) in [4.78, 5) is 7.29. The minimum Gasteiger partial charge on any atom is -0.502 e. The van der Waals surface area contributed by atoms with E-state index in [9.17, 15) is 5.11 Å². The zero-order valence-corrected chi connectivity index (χ0v) is 25.5. The lowest BCUT2D eigenvalue weighted by Crippen LogP contribution is -2.33. The van der Waals surface area contributed by atoms with E-state index >= 15 is 0 Å². The molecule has 0 saturated heterocycles. The summed E-state index contributed by atoms with van der Waals surface area (Å²) in [7, 11) is 7.02. The number of nitrogens with zero attached hydrogens (tertiary/aromatic N) is 2. The Hall–Kier alpha value is -4.69. The highest BCUT2D eigenvalue weighted by molar-refractivity contribution is 6.07. The highest BCUT2D eigenvalue weighted by atomic mass is 16.5. The Bertz CT molecular complexity index is 1760. The maximum atomic E-state index is 11.5. The van der Waals surface area contributed by atoms with Crippen LogP contribution in [0, 0.1) is 0 Å². The third-order valence-corrected chi connectivity index (χ3v) is 8.94. The molecular weight excluding hydrogens is 556 g/mol. The van der Waals surface area contributed by atoms with E-state index in [1.807, 2.05) is 36.4 Å². The molecule has 4 aliphatic rings. The summed E-state index contributed by atoms with van der Waals surface area (Å²) >= 11 is 0. The minimum atomic E-state index is -0.0572. The first-order valence-electron chi connectivity index (χ1n) is 14.9. The Morgan fingerprint density at radius 1 is 0.795 bits per heavy atom. The second kappa shape index (κ2) is 11.4. The van der Waals surface area contributed by atoms with E-state index in [0.29, 0.717) is 53.9 Å². The van der Waals surface area contributed by atoms with Crippen molar-refractivity contribution in [2.45, 2.75) is 31.7 Å². The Kier molecular flexibility index (Phi) is 7.30. The van der Waals surface area contributed by atoms with Crippen LogP contribution < -0.4 is 23.7 Å². The molecule has 0 aliphatic carbocycles. The molecule has 1 unspecified atom stereocenters. The predicted octanol–water partition coefficient (Wildman–Crippen LogP) is 6.68. The molecule has 0 spiro atoms. The number of rotatable bonds is 3. The smallest absolute Gasteiger partial charge is 0.202 e. The van der Waals surface area contributed by atoms with Crippen molar-refractivity contribution in [2.75, 3.05) is 41.5 Å². The molecule has 0 saturated carbocycles. The van der Waals surface area contributed by atoms with Gasteiger partial charge in [0.25, 0.3) is 0 Å². The van der Waals surface area contributed by atoms with Crippen LogP contribution in [0.1, 0.15) is 39.4 Å². The number of aromatic hydroxyl groups is 1. The van der Waals surface area contributed by atoms with E-state index in [-0.39, 0.29) is 11.8 Å². The van der Waals surface area contributed by atoms with Crippen molar-refractivity contribution >= 4 is 5.71 Å². The van der Waals surface area contributed by atoms with Crippen molar-refractivity contribution in [3.8, 4) is 46.0 Å². The van der Waals surface area contributed by atoms with E-state index in [0.717, 1.165) is 58.7 Å². The zero-order chi connectivity index (χ0) is 30.4. The highest BCUT2D eigenvalue weighted by Crippen LogP contribution is 2.48. The van der Waals surface area contributed by atoms with Gasteiger partial charge in [-0.1, -0.05) is 18.2 Å². The molecule has 6 bridgehead atoms. The monoisotopic (exact) mass is 592 g/mol. The summed E-state index contributed by atoms with van der Waals surface area (Å²) in [6, 6.07) is 20.3. The van der Waals surface area contributed by atoms with Gasteiger partial charge in [-0.25, -0.2) is 0 Å². The fourth-order valence-electron chi connectivity index (χ4n) is 6.57. The summed E-state index contributed by atoms with van der Waals surface area (Å²) in [6.45, 7) is 1.56. The molecule has 0 aromatic heterocycles. The Labute approximate surface area is 257 Å². The molecule has 4 aromatic rings. The van der Waals surface area contributed by atoms with Crippen molar-refractivity contribution in [1.29, 1.82) is 0 Å². The summed E-state index contributed by atoms with van der Waals surface area (Å²) < 4.78 is 30.2. The van der Waals surface area contributed by atoms with Crippen LogP contribution in [0.3, 0.4) is 0 Å². The van der Waals surface area contributed by atoms with Crippen molar-refractivity contribution in [1.82, 2.24) is 4.90 Å². The second-order valence-corrected chi connectivity index (χ2v) is 11.5. The number of benzene rings is 4. The molecule has 0 fully saturated rings. The first kappa shape index (κ1) is 28.1. The number of phenolic OH excluding ortho intramolecular Hbond substituents is 1. The van der Waals surface area contributed by atoms with Gasteiger partial charge in [-0.3, -0.25) is 9.89 Å². The van der Waals surface area contributed by atoms with Gasteiger partial charge in [0, 0.05) is 31.1 Å². The van der Waals surface area contributed by atoms with E-state index in [1.165, 1.54) is 5.56 Å². The fraction of sp³-hybridized carbons (Fsp3) is 0.306. The number of likely N-dealkylation sites (N-methyl/N-ethyl adjacent to an activating group) is 1. The molecule has 4 heterocycles. The Morgan fingerprint density at radius 2 is 1.52 bits per heavy atom. The summed E-state index contributed by atoms with van der Waals surface area (Å²) in [5, 5.41) is 11.5. The lowest BCUT2D eigenvalue weighted by atomic mass is 9.88. The van der Waals surface area contributed by atoms with Crippen molar-refractivity contribution < 1.29 is 28.8 Å². The summed E-state index contributed by atoms with van der Waals surface area (Å²) in [5.41, 5.74) is 7.23. The molecule has 4 aromatic carbocycles. The number of hydrogen-bond acceptors (Lipinski definition) is 8. The van der Waals surface area contributed by atoms with Crippen LogP contribution in [-0.4, -0.2) is 57.2 Å². The van der Waals surface area contributed by atoms with Crippen molar-refractivity contribution in [3.05, 3.63) is 94.0 Å². The standard InChI is InChI=1S/C36H36N2O6/c1-38-14-12-23-18-30(41-3)32-20-26(23)28(38)16-22-7-10-29(40-2)31(17-22)43-25-8-5-21(6-9-25)15-27-34-24(11-13-37-27)19-33(42-4)35(39)36(34)44-32/h5-10,17-20,28,39H,11-16H2,1-4H3. The van der Waals surface area contributed by atoms with Gasteiger partial charge in [0.1, 0.15) is 5.75 Å². The fourth-order valence-corrected chi connectivity index (χ4v) is 6.57. The van der Waals surface area contributed by atoms with Crippen molar-refractivity contribution in [3.63, 3.8) is 0 Å². The van der Waals surface area contributed by atoms with Gasteiger partial charge in [0.2, 0.25) is 5.75 Å². The van der Waals surface area contributed by atoms with Crippen LogP contribution in [0.4, 0.5) is 0 Å². The third-order valence-electron chi connectivity index (χ3n) is 8.94. The highest BCUT2D eigenvalue weighted by Gasteiger charge is 2.31. The molecule has 0 amide bonds. The third kappa shape index (κ3) is 4.99. The largest absolute Gasteiger partial charge is 0.502 e. The quantitative estimate of drug-likeness (QED) is 0.284. The van der Waals surface area contributed by atoms with Gasteiger partial charge in [0.15, 0.2) is 34.5 Å². The molecule has 8 nitrogen and oxygen atoms in total. The molecule has 8 heteroatoms. The molecular formula is C36H36N2O6. The number of methoxy groups -OCH3 is 3. The van der Waals surface area contributed by atoms with Crippen LogP contribution in [0.2, 0.25) is 0 Å². The number of phenols is 1. The number of aliphatic imine (C=N–C) groups is 1. The second-order valence-electron chi connectivity index (χ2n) is 11.5. The molecule has 0 radical (unpaired) electrons. The van der Waals surface area contributed by atoms with Gasteiger partial charge in [-0.05, 0) is 96.6 Å². The maximum absolute atomic E-state index is 11.5. The average Bonchev–Trinajstić information content (AvgIpc) is 3.04. The van der Waals surface area contributed by atoms with Crippen LogP contribution in [0.15, 0.2) is 65.7 Å². The van der Waals surface area contributed by atoms with E-state index in [1.54, 1.807) is 21.3 Å². The number of ether oxygens (including phenoxy) is 5. The van der Waals surface area contributed by atoms with Gasteiger partial charge < -0.3 is 28.8 Å².